The Kier molecular flexibility index (Phi) is 3.46. The quantitative estimate of drug-likeness (QED) is 0.622. The Morgan fingerprint density at radius 1 is 1.60 bits per heavy atom. The van der Waals surface area contributed by atoms with Gasteiger partial charge in [0.1, 0.15) is 0 Å². The van der Waals surface area contributed by atoms with Crippen LogP contribution < -0.4 is 10.1 Å². The fraction of sp³-hybridized carbons (Fsp3) is 0.125. The summed E-state index contributed by atoms with van der Waals surface area (Å²) in [6, 6.07) is 3.71. The van der Waals surface area contributed by atoms with Crippen molar-refractivity contribution in [3.05, 3.63) is 33.3 Å². The number of nitro benzene ring substituents is 1. The summed E-state index contributed by atoms with van der Waals surface area (Å²) >= 11 is 5.61. The number of carbonyl (C=O) groups is 1. The first kappa shape index (κ1) is 11.3. The SMILES string of the molecule is CNC(=O)Oc1cc(Cl)ccc1[N+](=O)[O-]. The van der Waals surface area contributed by atoms with Crippen molar-refractivity contribution < 1.29 is 14.5 Å². The average molecular weight is 231 g/mol. The van der Waals surface area contributed by atoms with E-state index in [4.69, 9.17) is 11.6 Å². The van der Waals surface area contributed by atoms with E-state index in [9.17, 15) is 14.9 Å². The van der Waals surface area contributed by atoms with Crippen molar-refractivity contribution in [3.63, 3.8) is 0 Å². The summed E-state index contributed by atoms with van der Waals surface area (Å²) in [6.45, 7) is 0. The van der Waals surface area contributed by atoms with Gasteiger partial charge in [-0.3, -0.25) is 10.1 Å². The molecule has 80 valence electrons. The number of benzene rings is 1. The Morgan fingerprint density at radius 3 is 2.80 bits per heavy atom. The second kappa shape index (κ2) is 4.61. The fourth-order valence-corrected chi connectivity index (χ4v) is 1.03. The Labute approximate surface area is 89.9 Å². The Balaban J connectivity index is 3.07. The molecule has 0 saturated heterocycles. The number of rotatable bonds is 2. The number of nitro groups is 1. The van der Waals surface area contributed by atoms with E-state index in [1.54, 1.807) is 0 Å². The Bertz CT molecular complexity index is 408. The van der Waals surface area contributed by atoms with Crippen LogP contribution >= 0.6 is 11.6 Å². The molecule has 1 aromatic rings. The zero-order chi connectivity index (χ0) is 11.4. The molecule has 15 heavy (non-hydrogen) atoms. The van der Waals surface area contributed by atoms with E-state index in [0.717, 1.165) is 0 Å². The highest BCUT2D eigenvalue weighted by Crippen LogP contribution is 2.29. The maximum absolute atomic E-state index is 10.9. The monoisotopic (exact) mass is 230 g/mol. The molecule has 0 heterocycles. The first-order valence-electron chi connectivity index (χ1n) is 3.88. The minimum Gasteiger partial charge on any atom is -0.403 e. The number of nitrogens with zero attached hydrogens (tertiary/aromatic N) is 1. The molecule has 1 aromatic carbocycles. The van der Waals surface area contributed by atoms with Gasteiger partial charge in [-0.05, 0) is 6.07 Å². The first-order chi connectivity index (χ1) is 7.04. The molecule has 0 aliphatic heterocycles. The third kappa shape index (κ3) is 2.81. The number of carbonyl (C=O) groups excluding carboxylic acids is 1. The minimum atomic E-state index is -0.791. The smallest absolute Gasteiger partial charge is 0.403 e. The van der Waals surface area contributed by atoms with Crippen molar-refractivity contribution >= 4 is 23.4 Å². The van der Waals surface area contributed by atoms with Crippen molar-refractivity contribution in [3.8, 4) is 5.75 Å². The van der Waals surface area contributed by atoms with E-state index in [1.165, 1.54) is 25.2 Å². The van der Waals surface area contributed by atoms with Crippen molar-refractivity contribution in [1.29, 1.82) is 0 Å². The topological polar surface area (TPSA) is 81.5 Å². The molecule has 1 N–H and O–H groups in total. The van der Waals surface area contributed by atoms with E-state index in [-0.39, 0.29) is 16.5 Å². The molecule has 1 amide bonds. The minimum absolute atomic E-state index is 0.188. The van der Waals surface area contributed by atoms with Crippen LogP contribution in [0, 0.1) is 10.1 Å². The Morgan fingerprint density at radius 2 is 2.27 bits per heavy atom. The van der Waals surface area contributed by atoms with Crippen LogP contribution in [0.15, 0.2) is 18.2 Å². The first-order valence-corrected chi connectivity index (χ1v) is 4.26. The average Bonchev–Trinajstić information content (AvgIpc) is 2.17. The fourth-order valence-electron chi connectivity index (χ4n) is 0.871. The molecule has 6 nitrogen and oxygen atoms in total. The number of amides is 1. The van der Waals surface area contributed by atoms with Gasteiger partial charge in [0.2, 0.25) is 5.75 Å². The molecule has 0 fully saturated rings. The van der Waals surface area contributed by atoms with Crippen molar-refractivity contribution in [2.24, 2.45) is 0 Å². The largest absolute Gasteiger partial charge is 0.412 e. The summed E-state index contributed by atoms with van der Waals surface area (Å²) in [5, 5.41) is 13.0. The van der Waals surface area contributed by atoms with Gasteiger partial charge >= 0.3 is 11.8 Å². The lowest BCUT2D eigenvalue weighted by atomic mass is 10.3. The molecule has 0 unspecified atom stereocenters. The highest BCUT2D eigenvalue weighted by Gasteiger charge is 2.17. The summed E-state index contributed by atoms with van der Waals surface area (Å²) in [5.74, 6) is -0.188. The van der Waals surface area contributed by atoms with Gasteiger partial charge < -0.3 is 10.1 Å². The second-order valence-corrected chi connectivity index (χ2v) is 2.95. The van der Waals surface area contributed by atoms with Crippen LogP contribution in [-0.2, 0) is 0 Å². The van der Waals surface area contributed by atoms with Crippen LogP contribution in [0.1, 0.15) is 0 Å². The summed E-state index contributed by atoms with van der Waals surface area (Å²) < 4.78 is 4.66. The van der Waals surface area contributed by atoms with E-state index in [0.29, 0.717) is 0 Å². The molecule has 0 bridgehead atoms. The predicted molar refractivity (Wildman–Crippen MR) is 53.2 cm³/mol. The standard InChI is InChI=1S/C8H7ClN2O4/c1-10-8(12)15-7-4-5(9)2-3-6(7)11(13)14/h2-4H,1H3,(H,10,12). The third-order valence-electron chi connectivity index (χ3n) is 1.53. The molecular weight excluding hydrogens is 224 g/mol. The van der Waals surface area contributed by atoms with Gasteiger partial charge in [0.25, 0.3) is 0 Å². The van der Waals surface area contributed by atoms with E-state index >= 15 is 0 Å². The summed E-state index contributed by atoms with van der Waals surface area (Å²) in [4.78, 5) is 20.8. The number of ether oxygens (including phenoxy) is 1. The predicted octanol–water partition coefficient (Wildman–Crippen LogP) is 1.97. The van der Waals surface area contributed by atoms with Crippen molar-refractivity contribution in [2.75, 3.05) is 7.05 Å². The molecule has 0 aliphatic rings. The van der Waals surface area contributed by atoms with Gasteiger partial charge in [-0.25, -0.2) is 4.79 Å². The van der Waals surface area contributed by atoms with Gasteiger partial charge in [0.05, 0.1) is 4.92 Å². The van der Waals surface area contributed by atoms with Crippen LogP contribution in [0.25, 0.3) is 0 Å². The van der Waals surface area contributed by atoms with Crippen LogP contribution in [0.3, 0.4) is 0 Å². The van der Waals surface area contributed by atoms with Gasteiger partial charge in [-0.15, -0.1) is 0 Å². The maximum Gasteiger partial charge on any atom is 0.412 e. The lowest BCUT2D eigenvalue weighted by Crippen LogP contribution is -2.22. The molecule has 0 aliphatic carbocycles. The molecule has 1 rings (SSSR count). The van der Waals surface area contributed by atoms with Crippen LogP contribution in [-0.4, -0.2) is 18.1 Å². The molecule has 7 heteroatoms. The lowest BCUT2D eigenvalue weighted by molar-refractivity contribution is -0.385. The summed E-state index contributed by atoms with van der Waals surface area (Å²) in [6.07, 6.45) is -0.791. The highest BCUT2D eigenvalue weighted by atomic mass is 35.5. The Hall–Kier alpha value is -1.82. The molecule has 0 spiro atoms. The molecule has 0 aromatic heterocycles. The number of hydrogen-bond donors (Lipinski definition) is 1. The molecule has 0 saturated carbocycles. The molecule has 0 atom stereocenters. The zero-order valence-electron chi connectivity index (χ0n) is 7.69. The molecule has 0 radical (unpaired) electrons. The van der Waals surface area contributed by atoms with Gasteiger partial charge in [-0.1, -0.05) is 11.6 Å². The lowest BCUT2D eigenvalue weighted by Gasteiger charge is -2.03. The summed E-state index contributed by atoms with van der Waals surface area (Å²) in [5.41, 5.74) is -0.317. The van der Waals surface area contributed by atoms with E-state index in [1.807, 2.05) is 0 Å². The van der Waals surface area contributed by atoms with E-state index in [2.05, 4.69) is 10.1 Å². The van der Waals surface area contributed by atoms with E-state index < -0.39 is 11.0 Å². The highest BCUT2D eigenvalue weighted by molar-refractivity contribution is 6.30. The van der Waals surface area contributed by atoms with Crippen LogP contribution in [0.5, 0.6) is 5.75 Å². The normalized spacial score (nSPS) is 9.47. The van der Waals surface area contributed by atoms with Gasteiger partial charge in [-0.2, -0.15) is 0 Å². The zero-order valence-corrected chi connectivity index (χ0v) is 8.45. The molecular formula is C8H7ClN2O4. The van der Waals surface area contributed by atoms with Crippen LogP contribution in [0.2, 0.25) is 5.02 Å². The third-order valence-corrected chi connectivity index (χ3v) is 1.76. The summed E-state index contributed by atoms with van der Waals surface area (Å²) in [7, 11) is 1.35. The number of hydrogen-bond acceptors (Lipinski definition) is 4. The second-order valence-electron chi connectivity index (χ2n) is 2.51. The van der Waals surface area contributed by atoms with Crippen molar-refractivity contribution in [2.45, 2.75) is 0 Å². The van der Waals surface area contributed by atoms with Gasteiger partial charge in [0, 0.05) is 24.2 Å². The van der Waals surface area contributed by atoms with Crippen molar-refractivity contribution in [1.82, 2.24) is 5.32 Å². The number of halogens is 1. The maximum atomic E-state index is 10.9. The number of nitrogens with one attached hydrogen (secondary N) is 1. The van der Waals surface area contributed by atoms with Gasteiger partial charge in [0.15, 0.2) is 0 Å². The van der Waals surface area contributed by atoms with Crippen LogP contribution in [0.4, 0.5) is 10.5 Å².